The van der Waals surface area contributed by atoms with Crippen molar-refractivity contribution in [3.63, 3.8) is 0 Å². The van der Waals surface area contributed by atoms with Gasteiger partial charge in [0.1, 0.15) is 5.75 Å². The fraction of sp³-hybridized carbons (Fsp3) is 0.444. The van der Waals surface area contributed by atoms with Crippen LogP contribution in [0.2, 0.25) is 0 Å². The Labute approximate surface area is 142 Å². The highest BCUT2D eigenvalue weighted by Gasteiger charge is 2.21. The molecule has 0 aromatic heterocycles. The predicted molar refractivity (Wildman–Crippen MR) is 91.8 cm³/mol. The number of piperazine rings is 1. The van der Waals surface area contributed by atoms with Crippen LogP contribution >= 0.6 is 0 Å². The van der Waals surface area contributed by atoms with Gasteiger partial charge in [0.2, 0.25) is 0 Å². The molecule has 6 heteroatoms. The Bertz CT molecular complexity index is 575. The van der Waals surface area contributed by atoms with Crippen LogP contribution in [0.25, 0.3) is 6.08 Å². The molecule has 24 heavy (non-hydrogen) atoms. The lowest BCUT2D eigenvalue weighted by atomic mass is 10.1. The first-order chi connectivity index (χ1) is 11.6. The highest BCUT2D eigenvalue weighted by molar-refractivity contribution is 5.93. The number of phenolic OH excluding ortho intramolecular Hbond substituents is 1. The van der Waals surface area contributed by atoms with Gasteiger partial charge in [-0.05, 0) is 30.7 Å². The molecule has 1 aliphatic heterocycles. The number of carbonyl (C=O) groups is 2. The van der Waals surface area contributed by atoms with Gasteiger partial charge >= 0.3 is 6.09 Å². The van der Waals surface area contributed by atoms with Gasteiger partial charge in [0, 0.05) is 39.1 Å². The number of carbonyl (C=O) groups excluding carboxylic acids is 2. The number of hydrogen-bond donors (Lipinski definition) is 1. The molecule has 6 nitrogen and oxygen atoms in total. The maximum absolute atomic E-state index is 11.9. The van der Waals surface area contributed by atoms with E-state index in [1.807, 2.05) is 0 Å². The number of aromatic hydroxyl groups is 1. The Morgan fingerprint density at radius 2 is 1.83 bits per heavy atom. The van der Waals surface area contributed by atoms with Gasteiger partial charge in [0.15, 0.2) is 5.78 Å². The molecule has 1 fully saturated rings. The summed E-state index contributed by atoms with van der Waals surface area (Å²) in [6.45, 7) is 5.66. The molecule has 1 aromatic carbocycles. The summed E-state index contributed by atoms with van der Waals surface area (Å²) in [4.78, 5) is 27.4. The normalized spacial score (nSPS) is 15.6. The molecule has 0 bridgehead atoms. The third-order valence-electron chi connectivity index (χ3n) is 3.93. The molecule has 1 heterocycles. The zero-order valence-electron chi connectivity index (χ0n) is 14.0. The van der Waals surface area contributed by atoms with Gasteiger partial charge in [-0.1, -0.05) is 18.2 Å². The van der Waals surface area contributed by atoms with Gasteiger partial charge in [-0.25, -0.2) is 4.79 Å². The molecule has 1 aliphatic rings. The van der Waals surface area contributed by atoms with Crippen molar-refractivity contribution in [1.82, 2.24) is 9.80 Å². The fourth-order valence-electron chi connectivity index (χ4n) is 2.50. The van der Waals surface area contributed by atoms with Gasteiger partial charge in [-0.15, -0.1) is 0 Å². The molecule has 0 saturated carbocycles. The van der Waals surface area contributed by atoms with E-state index >= 15 is 0 Å². The van der Waals surface area contributed by atoms with Crippen LogP contribution in [0, 0.1) is 0 Å². The zero-order chi connectivity index (χ0) is 17.4. The number of benzene rings is 1. The van der Waals surface area contributed by atoms with E-state index in [-0.39, 0.29) is 17.6 Å². The molecule has 0 unspecified atom stereocenters. The SMILES string of the molecule is CCOC(=O)N1CCN(CCC(=O)C=Cc2ccc(O)cc2)CC1. The number of rotatable bonds is 6. The van der Waals surface area contributed by atoms with Crippen molar-refractivity contribution in [1.29, 1.82) is 0 Å². The maximum atomic E-state index is 11.9. The second kappa shape index (κ2) is 9.08. The Hall–Kier alpha value is -2.34. The highest BCUT2D eigenvalue weighted by atomic mass is 16.6. The highest BCUT2D eigenvalue weighted by Crippen LogP contribution is 2.11. The van der Waals surface area contributed by atoms with Crippen LogP contribution in [-0.2, 0) is 9.53 Å². The quantitative estimate of drug-likeness (QED) is 0.808. The lowest BCUT2D eigenvalue weighted by Gasteiger charge is -2.33. The Balaban J connectivity index is 1.69. The molecule has 1 amide bonds. The maximum Gasteiger partial charge on any atom is 0.409 e. The van der Waals surface area contributed by atoms with Crippen LogP contribution in [0.3, 0.4) is 0 Å². The van der Waals surface area contributed by atoms with Crippen molar-refractivity contribution >= 4 is 18.0 Å². The molecule has 0 atom stereocenters. The average Bonchev–Trinajstić information content (AvgIpc) is 2.60. The van der Waals surface area contributed by atoms with Crippen LogP contribution in [0.4, 0.5) is 4.79 Å². The van der Waals surface area contributed by atoms with Crippen molar-refractivity contribution in [3.05, 3.63) is 35.9 Å². The molecule has 0 aliphatic carbocycles. The van der Waals surface area contributed by atoms with Crippen LogP contribution in [-0.4, -0.2) is 66.1 Å². The average molecular weight is 332 g/mol. The second-order valence-electron chi connectivity index (χ2n) is 5.67. The summed E-state index contributed by atoms with van der Waals surface area (Å²) in [5.74, 6) is 0.274. The van der Waals surface area contributed by atoms with E-state index in [2.05, 4.69) is 4.90 Å². The summed E-state index contributed by atoms with van der Waals surface area (Å²) in [6.07, 6.45) is 3.51. The molecular weight excluding hydrogens is 308 g/mol. The predicted octanol–water partition coefficient (Wildman–Crippen LogP) is 2.14. The van der Waals surface area contributed by atoms with Crippen LogP contribution in [0.5, 0.6) is 5.75 Å². The van der Waals surface area contributed by atoms with Crippen molar-refractivity contribution in [2.75, 3.05) is 39.3 Å². The molecule has 2 rings (SSSR count). The summed E-state index contributed by atoms with van der Waals surface area (Å²) >= 11 is 0. The summed E-state index contributed by atoms with van der Waals surface area (Å²) in [5.41, 5.74) is 0.879. The van der Waals surface area contributed by atoms with Crippen molar-refractivity contribution in [2.24, 2.45) is 0 Å². The number of phenols is 1. The minimum atomic E-state index is -0.259. The molecule has 1 aromatic rings. The number of amides is 1. The number of ether oxygens (including phenoxy) is 1. The Kier molecular flexibility index (Phi) is 6.81. The lowest BCUT2D eigenvalue weighted by molar-refractivity contribution is -0.115. The van der Waals surface area contributed by atoms with Gasteiger partial charge in [-0.2, -0.15) is 0 Å². The lowest BCUT2D eigenvalue weighted by Crippen LogP contribution is -2.49. The zero-order valence-corrected chi connectivity index (χ0v) is 14.0. The van der Waals surface area contributed by atoms with Crippen molar-refractivity contribution < 1.29 is 19.4 Å². The third kappa shape index (κ3) is 5.70. The monoisotopic (exact) mass is 332 g/mol. The minimum absolute atomic E-state index is 0.0656. The van der Waals surface area contributed by atoms with E-state index in [9.17, 15) is 14.7 Å². The van der Waals surface area contributed by atoms with E-state index in [1.165, 1.54) is 0 Å². The van der Waals surface area contributed by atoms with E-state index in [1.54, 1.807) is 48.2 Å². The standard InChI is InChI=1S/C18H24N2O4/c1-2-24-18(23)20-13-11-19(12-14-20)10-9-17(22)8-5-15-3-6-16(21)7-4-15/h3-8,21H,2,9-14H2,1H3. The number of ketones is 1. The Morgan fingerprint density at radius 3 is 2.46 bits per heavy atom. The summed E-state index contributed by atoms with van der Waals surface area (Å²) in [7, 11) is 0. The number of nitrogens with zero attached hydrogens (tertiary/aromatic N) is 2. The van der Waals surface area contributed by atoms with Crippen LogP contribution in [0.1, 0.15) is 18.9 Å². The van der Waals surface area contributed by atoms with E-state index in [4.69, 9.17) is 4.74 Å². The third-order valence-corrected chi connectivity index (χ3v) is 3.93. The van der Waals surface area contributed by atoms with E-state index in [0.717, 1.165) is 18.7 Å². The van der Waals surface area contributed by atoms with Gasteiger partial charge in [0.25, 0.3) is 0 Å². The largest absolute Gasteiger partial charge is 0.508 e. The molecule has 0 spiro atoms. The Morgan fingerprint density at radius 1 is 1.17 bits per heavy atom. The number of hydrogen-bond acceptors (Lipinski definition) is 5. The first-order valence-corrected chi connectivity index (χ1v) is 8.22. The first kappa shape index (κ1) is 18.0. The van der Waals surface area contributed by atoms with Gasteiger partial charge in [0.05, 0.1) is 6.61 Å². The molecule has 1 N–H and O–H groups in total. The smallest absolute Gasteiger partial charge is 0.409 e. The molecule has 0 radical (unpaired) electrons. The molecule has 1 saturated heterocycles. The minimum Gasteiger partial charge on any atom is -0.508 e. The first-order valence-electron chi connectivity index (χ1n) is 8.22. The summed E-state index contributed by atoms with van der Waals surface area (Å²) in [6, 6.07) is 6.70. The second-order valence-corrected chi connectivity index (χ2v) is 5.67. The summed E-state index contributed by atoms with van der Waals surface area (Å²) < 4.78 is 4.99. The topological polar surface area (TPSA) is 70.1 Å². The number of allylic oxidation sites excluding steroid dienone is 1. The van der Waals surface area contributed by atoms with E-state index < -0.39 is 0 Å². The van der Waals surface area contributed by atoms with E-state index in [0.29, 0.717) is 32.7 Å². The van der Waals surface area contributed by atoms with Crippen molar-refractivity contribution in [2.45, 2.75) is 13.3 Å². The summed E-state index contributed by atoms with van der Waals surface area (Å²) in [5, 5.41) is 9.22. The van der Waals surface area contributed by atoms with Crippen molar-refractivity contribution in [3.8, 4) is 5.75 Å². The molecular formula is C18H24N2O4. The van der Waals surface area contributed by atoms with Crippen LogP contribution in [0.15, 0.2) is 30.3 Å². The fourth-order valence-corrected chi connectivity index (χ4v) is 2.50. The van der Waals surface area contributed by atoms with Gasteiger partial charge in [-0.3, -0.25) is 9.69 Å². The molecule has 130 valence electrons. The van der Waals surface area contributed by atoms with Gasteiger partial charge < -0.3 is 14.7 Å². The van der Waals surface area contributed by atoms with Crippen LogP contribution < -0.4 is 0 Å².